The Kier molecular flexibility index (Phi) is 8.46. The number of hydrogen-bond donors (Lipinski definition) is 0. The number of anilines is 6. The van der Waals surface area contributed by atoms with Crippen molar-refractivity contribution in [3.05, 3.63) is 158 Å². The molecule has 5 aliphatic rings. The minimum absolute atomic E-state index is 0.0270. The van der Waals surface area contributed by atoms with E-state index in [2.05, 4.69) is 212 Å². The lowest BCUT2D eigenvalue weighted by molar-refractivity contribution is 0.332. The molecule has 0 atom stereocenters. The highest BCUT2D eigenvalue weighted by molar-refractivity contribution is 7.00. The minimum Gasteiger partial charge on any atom is -0.311 e. The summed E-state index contributed by atoms with van der Waals surface area (Å²) in [7, 11) is 0. The van der Waals surface area contributed by atoms with E-state index in [0.29, 0.717) is 5.56 Å². The molecule has 344 valence electrons. The molecule has 3 heteroatoms. The number of fused-ring (bicyclic) bond motifs is 7. The summed E-state index contributed by atoms with van der Waals surface area (Å²) in [5.74, 6) is 0. The van der Waals surface area contributed by atoms with Crippen LogP contribution < -0.4 is 26.2 Å². The number of hydrogen-bond acceptors (Lipinski definition) is 2. The highest BCUT2D eigenvalue weighted by Gasteiger charge is 2.50. The second kappa shape index (κ2) is 13.8. The van der Waals surface area contributed by atoms with Crippen LogP contribution in [0.1, 0.15) is 188 Å². The summed E-state index contributed by atoms with van der Waals surface area (Å²) in [6, 6.07) is 37.1. The SMILES string of the molecule is [2H]C([2H])([2H])c1cc2c3c(c1)N(c1ccc4c(c1C)C(C)(C)CC4(C)C)c1ccc(C(C)(C)c4ccccc4)cc1B3c1cc3c(cc1N2c1cc2c(cc1C)C(C)(C)CC2(C)C)C(C)(C)CCC3(C)C. The van der Waals surface area contributed by atoms with Gasteiger partial charge in [-0.1, -0.05) is 158 Å². The molecule has 6 aromatic carbocycles. The van der Waals surface area contributed by atoms with E-state index in [9.17, 15) is 4.11 Å². The third-order valence-corrected chi connectivity index (χ3v) is 18.1. The van der Waals surface area contributed by atoms with Gasteiger partial charge >= 0.3 is 0 Å². The zero-order valence-electron chi connectivity index (χ0n) is 46.5. The zero-order valence-corrected chi connectivity index (χ0v) is 43.5. The van der Waals surface area contributed by atoms with E-state index < -0.39 is 6.85 Å². The van der Waals surface area contributed by atoms with Crippen LogP contribution >= 0.6 is 0 Å². The second-order valence-corrected chi connectivity index (χ2v) is 26.2. The molecular weight excluding hydrogens is 808 g/mol. The van der Waals surface area contributed by atoms with Gasteiger partial charge in [-0.05, 0) is 193 Å². The smallest absolute Gasteiger partial charge is 0.252 e. The quantitative estimate of drug-likeness (QED) is 0.163. The second-order valence-electron chi connectivity index (χ2n) is 26.2. The van der Waals surface area contributed by atoms with Gasteiger partial charge in [0.2, 0.25) is 0 Å². The number of aryl methyl sites for hydroxylation is 2. The number of rotatable bonds is 4. The summed E-state index contributed by atoms with van der Waals surface area (Å²) in [4.78, 5) is 5.00. The van der Waals surface area contributed by atoms with Gasteiger partial charge in [0.25, 0.3) is 6.71 Å². The van der Waals surface area contributed by atoms with Crippen LogP contribution in [0.15, 0.2) is 97.1 Å². The fraction of sp³-hybridized carbons (Fsp3) is 0.438. The molecule has 3 aliphatic carbocycles. The standard InChI is InChI=1S/C64H75BN2/c1-38-29-54-57-55(30-38)67(52-34-47-44(31-39(52)2)61(10,11)36-62(47,12)13)53-35-46-45(58(4,5)27-28-59(46,6)7)33-49(53)65(57)48-32-42(64(16,17)41-21-19-18-20-22-41)23-25-51(48)66(54)50-26-24-43-56(40(50)3)63(14,15)37-60(43,8)9/h18-26,29-35H,27-28,36-37H2,1-17H3/i1D3. The van der Waals surface area contributed by atoms with Crippen molar-refractivity contribution in [2.45, 2.75) is 181 Å². The first-order valence-corrected chi connectivity index (χ1v) is 25.4. The van der Waals surface area contributed by atoms with Crippen molar-refractivity contribution in [3.8, 4) is 0 Å². The molecule has 0 unspecified atom stereocenters. The lowest BCUT2D eigenvalue weighted by Gasteiger charge is -2.48. The van der Waals surface area contributed by atoms with Crippen LogP contribution in [0.2, 0.25) is 0 Å². The van der Waals surface area contributed by atoms with Crippen LogP contribution in [0.25, 0.3) is 0 Å². The van der Waals surface area contributed by atoms with Gasteiger partial charge < -0.3 is 9.80 Å². The highest BCUT2D eigenvalue weighted by Crippen LogP contribution is 2.57. The summed E-state index contributed by atoms with van der Waals surface area (Å²) in [6.45, 7) is 35.8. The van der Waals surface area contributed by atoms with Gasteiger partial charge in [0, 0.05) is 43.7 Å². The molecule has 11 rings (SSSR count). The van der Waals surface area contributed by atoms with Crippen molar-refractivity contribution in [2.24, 2.45) is 0 Å². The molecule has 0 fully saturated rings. The molecule has 0 bridgehead atoms. The zero-order chi connectivity index (χ0) is 50.4. The Morgan fingerprint density at radius 3 is 1.64 bits per heavy atom. The number of benzene rings is 6. The molecule has 6 aromatic rings. The Labute approximate surface area is 408 Å². The minimum atomic E-state index is -2.36. The van der Waals surface area contributed by atoms with Crippen LogP contribution in [0, 0.1) is 20.7 Å². The average molecular weight is 886 g/mol. The van der Waals surface area contributed by atoms with Gasteiger partial charge in [-0.25, -0.2) is 0 Å². The summed E-state index contributed by atoms with van der Waals surface area (Å²) >= 11 is 0. The van der Waals surface area contributed by atoms with Gasteiger partial charge in [0.1, 0.15) is 0 Å². The normalized spacial score (nSPS) is 21.3. The van der Waals surface area contributed by atoms with Crippen LogP contribution in [0.3, 0.4) is 0 Å². The van der Waals surface area contributed by atoms with Crippen LogP contribution in [-0.2, 0) is 37.9 Å². The predicted molar refractivity (Wildman–Crippen MR) is 290 cm³/mol. The first kappa shape index (κ1) is 41.0. The van der Waals surface area contributed by atoms with Gasteiger partial charge in [-0.15, -0.1) is 0 Å². The van der Waals surface area contributed by atoms with Gasteiger partial charge in [0.05, 0.1) is 0 Å². The average Bonchev–Trinajstić information content (AvgIpc) is 3.58. The summed E-state index contributed by atoms with van der Waals surface area (Å²) in [5, 5.41) is 0. The van der Waals surface area contributed by atoms with Crippen molar-refractivity contribution in [1.82, 2.24) is 0 Å². The van der Waals surface area contributed by atoms with Gasteiger partial charge in [-0.2, -0.15) is 0 Å². The van der Waals surface area contributed by atoms with Crippen LogP contribution in [-0.4, -0.2) is 6.71 Å². The van der Waals surface area contributed by atoms with Crippen molar-refractivity contribution < 1.29 is 4.11 Å². The Bertz CT molecular complexity index is 3220. The molecule has 0 radical (unpaired) electrons. The Balaban J connectivity index is 1.30. The lowest BCUT2D eigenvalue weighted by atomic mass is 9.33. The lowest BCUT2D eigenvalue weighted by Crippen LogP contribution is -2.62. The molecule has 2 aliphatic heterocycles. The molecule has 2 heterocycles. The molecule has 67 heavy (non-hydrogen) atoms. The van der Waals surface area contributed by atoms with Gasteiger partial charge in [0.15, 0.2) is 0 Å². The van der Waals surface area contributed by atoms with Crippen molar-refractivity contribution >= 4 is 57.2 Å². The molecule has 0 spiro atoms. The molecule has 0 N–H and O–H groups in total. The maximum Gasteiger partial charge on any atom is 0.252 e. The fourth-order valence-electron chi connectivity index (χ4n) is 15.0. The van der Waals surface area contributed by atoms with E-state index in [1.54, 1.807) is 0 Å². The third-order valence-electron chi connectivity index (χ3n) is 18.1. The Hall–Kier alpha value is -5.02. The van der Waals surface area contributed by atoms with Crippen LogP contribution in [0.4, 0.5) is 34.1 Å². The number of nitrogens with zero attached hydrogens (tertiary/aromatic N) is 2. The Morgan fingerprint density at radius 2 is 1.00 bits per heavy atom. The first-order chi connectivity index (χ1) is 32.4. The van der Waals surface area contributed by atoms with E-state index >= 15 is 0 Å². The third kappa shape index (κ3) is 6.27. The van der Waals surface area contributed by atoms with E-state index in [1.807, 2.05) is 6.07 Å². The maximum atomic E-state index is 9.23. The first-order valence-electron chi connectivity index (χ1n) is 26.9. The molecule has 2 nitrogen and oxygen atoms in total. The van der Waals surface area contributed by atoms with Crippen molar-refractivity contribution in [2.75, 3.05) is 9.80 Å². The monoisotopic (exact) mass is 886 g/mol. The largest absolute Gasteiger partial charge is 0.311 e. The molecule has 0 aromatic heterocycles. The van der Waals surface area contributed by atoms with Gasteiger partial charge in [-0.3, -0.25) is 0 Å². The van der Waals surface area contributed by atoms with E-state index in [-0.39, 0.29) is 44.6 Å². The highest BCUT2D eigenvalue weighted by atomic mass is 15.2. The van der Waals surface area contributed by atoms with Crippen LogP contribution in [0.5, 0.6) is 0 Å². The van der Waals surface area contributed by atoms with E-state index in [1.165, 1.54) is 77.7 Å². The molecular formula is C64H75BN2. The topological polar surface area (TPSA) is 6.48 Å². The predicted octanol–water partition coefficient (Wildman–Crippen LogP) is 15.3. The summed E-state index contributed by atoms with van der Waals surface area (Å²) < 4.78 is 27.7. The van der Waals surface area contributed by atoms with E-state index in [4.69, 9.17) is 0 Å². The summed E-state index contributed by atoms with van der Waals surface area (Å²) in [5.41, 5.74) is 23.7. The van der Waals surface area contributed by atoms with Crippen molar-refractivity contribution in [3.63, 3.8) is 0 Å². The molecule has 0 saturated heterocycles. The Morgan fingerprint density at radius 1 is 0.478 bits per heavy atom. The molecule has 0 amide bonds. The maximum absolute atomic E-state index is 9.23. The summed E-state index contributed by atoms with van der Waals surface area (Å²) in [6.07, 6.45) is 4.35. The fourth-order valence-corrected chi connectivity index (χ4v) is 15.0. The molecule has 0 saturated carbocycles. The van der Waals surface area contributed by atoms with E-state index in [0.717, 1.165) is 54.1 Å². The van der Waals surface area contributed by atoms with Crippen molar-refractivity contribution in [1.29, 1.82) is 0 Å².